The van der Waals surface area contributed by atoms with Crippen LogP contribution in [0.3, 0.4) is 0 Å². The minimum atomic E-state index is -0.118. The van der Waals surface area contributed by atoms with E-state index < -0.39 is 0 Å². The summed E-state index contributed by atoms with van der Waals surface area (Å²) in [5.74, 6) is 0.657. The Morgan fingerprint density at radius 1 is 1.04 bits per heavy atom. The van der Waals surface area contributed by atoms with E-state index in [1.807, 2.05) is 26.0 Å². The van der Waals surface area contributed by atoms with Crippen molar-refractivity contribution in [2.45, 2.75) is 20.5 Å². The third kappa shape index (κ3) is 4.61. The summed E-state index contributed by atoms with van der Waals surface area (Å²) in [6.07, 6.45) is 3.89. The van der Waals surface area contributed by atoms with Crippen molar-refractivity contribution in [3.05, 3.63) is 66.0 Å². The van der Waals surface area contributed by atoms with E-state index in [9.17, 15) is 9.90 Å². The van der Waals surface area contributed by atoms with Crippen LogP contribution in [0, 0.1) is 0 Å². The minimum absolute atomic E-state index is 0.117. The maximum absolute atomic E-state index is 11.2. The largest absolute Gasteiger partial charge is 0.507 e. The van der Waals surface area contributed by atoms with Crippen LogP contribution in [0.2, 0.25) is 0 Å². The molecule has 2 aromatic heterocycles. The maximum Gasteiger partial charge on any atom is 0.222 e. The number of aromatic hydroxyl groups is 1. The van der Waals surface area contributed by atoms with Gasteiger partial charge in [0, 0.05) is 18.0 Å². The molecule has 0 unspecified atom stereocenters. The Kier molecular flexibility index (Phi) is 7.31. The summed E-state index contributed by atoms with van der Waals surface area (Å²) in [4.78, 5) is 19.8. The Morgan fingerprint density at radius 2 is 1.78 bits per heavy atom. The Labute approximate surface area is 158 Å². The highest BCUT2D eigenvalue weighted by molar-refractivity contribution is 5.83. The SMILES string of the molecule is CC.COc1ncccc1-c1ncccc1COc1cccc(O)c1C=O. The molecule has 3 aromatic rings. The predicted molar refractivity (Wildman–Crippen MR) is 103 cm³/mol. The van der Waals surface area contributed by atoms with Gasteiger partial charge >= 0.3 is 0 Å². The van der Waals surface area contributed by atoms with Crippen LogP contribution in [0.1, 0.15) is 29.8 Å². The molecule has 140 valence electrons. The third-order valence-corrected chi connectivity index (χ3v) is 3.66. The van der Waals surface area contributed by atoms with E-state index in [1.165, 1.54) is 6.07 Å². The molecule has 0 aliphatic heterocycles. The zero-order valence-corrected chi connectivity index (χ0v) is 15.5. The summed E-state index contributed by atoms with van der Waals surface area (Å²) >= 11 is 0. The number of hydrogen-bond donors (Lipinski definition) is 1. The second-order valence-electron chi connectivity index (χ2n) is 5.17. The third-order valence-electron chi connectivity index (χ3n) is 3.66. The normalized spacial score (nSPS) is 9.74. The average molecular weight is 366 g/mol. The number of hydrogen-bond acceptors (Lipinski definition) is 6. The summed E-state index contributed by atoms with van der Waals surface area (Å²) in [7, 11) is 1.55. The number of carbonyl (C=O) groups excluding carboxylic acids is 1. The van der Waals surface area contributed by atoms with Gasteiger partial charge in [-0.15, -0.1) is 0 Å². The maximum atomic E-state index is 11.2. The van der Waals surface area contributed by atoms with Crippen molar-refractivity contribution in [1.82, 2.24) is 9.97 Å². The van der Waals surface area contributed by atoms with Gasteiger partial charge in [0.1, 0.15) is 18.1 Å². The molecule has 0 atom stereocenters. The number of ether oxygens (including phenoxy) is 2. The molecule has 0 amide bonds. The Morgan fingerprint density at radius 3 is 2.52 bits per heavy atom. The Bertz CT molecular complexity index is 897. The number of aromatic nitrogens is 2. The highest BCUT2D eigenvalue weighted by atomic mass is 16.5. The van der Waals surface area contributed by atoms with E-state index in [4.69, 9.17) is 9.47 Å². The number of benzene rings is 1. The van der Waals surface area contributed by atoms with Gasteiger partial charge in [0.05, 0.1) is 23.9 Å². The molecule has 6 nitrogen and oxygen atoms in total. The zero-order chi connectivity index (χ0) is 19.6. The van der Waals surface area contributed by atoms with Crippen LogP contribution >= 0.6 is 0 Å². The second kappa shape index (κ2) is 9.91. The van der Waals surface area contributed by atoms with E-state index in [0.717, 1.165) is 11.1 Å². The molecule has 0 saturated carbocycles. The van der Waals surface area contributed by atoms with Gasteiger partial charge in [-0.05, 0) is 30.3 Å². The first-order valence-electron chi connectivity index (χ1n) is 8.58. The first-order valence-corrected chi connectivity index (χ1v) is 8.58. The number of pyridine rings is 2. The fourth-order valence-corrected chi connectivity index (χ4v) is 2.46. The lowest BCUT2D eigenvalue weighted by atomic mass is 10.1. The van der Waals surface area contributed by atoms with Crippen molar-refractivity contribution in [2.75, 3.05) is 7.11 Å². The van der Waals surface area contributed by atoms with Crippen LogP contribution in [-0.4, -0.2) is 28.5 Å². The summed E-state index contributed by atoms with van der Waals surface area (Å²) < 4.78 is 11.0. The fraction of sp³-hybridized carbons (Fsp3) is 0.190. The number of nitrogens with zero attached hydrogens (tertiary/aromatic N) is 2. The molecule has 1 aromatic carbocycles. The number of methoxy groups -OCH3 is 1. The highest BCUT2D eigenvalue weighted by Crippen LogP contribution is 2.30. The molecule has 0 spiro atoms. The minimum Gasteiger partial charge on any atom is -0.507 e. The standard InChI is InChI=1S/C19H16N2O4.C2H6/c1-24-19-14(6-4-10-21-19)18-13(5-3-9-20-18)12-25-17-8-2-7-16(23)15(17)11-22;1-2/h2-11,23H,12H2,1H3;1-2H3. The van der Waals surface area contributed by atoms with Crippen molar-refractivity contribution in [2.24, 2.45) is 0 Å². The zero-order valence-electron chi connectivity index (χ0n) is 15.5. The summed E-state index contributed by atoms with van der Waals surface area (Å²) in [6.45, 7) is 4.17. The number of carbonyl (C=O) groups is 1. The molecule has 0 saturated heterocycles. The molecule has 0 radical (unpaired) electrons. The quantitative estimate of drug-likeness (QED) is 0.656. The molecule has 1 N–H and O–H groups in total. The molecule has 0 aliphatic carbocycles. The van der Waals surface area contributed by atoms with Crippen molar-refractivity contribution in [1.29, 1.82) is 0 Å². The van der Waals surface area contributed by atoms with E-state index in [0.29, 0.717) is 23.6 Å². The second-order valence-corrected chi connectivity index (χ2v) is 5.17. The van der Waals surface area contributed by atoms with Gasteiger partial charge in [-0.1, -0.05) is 26.0 Å². The van der Waals surface area contributed by atoms with E-state index in [2.05, 4.69) is 9.97 Å². The van der Waals surface area contributed by atoms with Crippen LogP contribution in [-0.2, 0) is 6.61 Å². The Hall–Kier alpha value is -3.41. The van der Waals surface area contributed by atoms with Gasteiger partial charge < -0.3 is 14.6 Å². The molecule has 27 heavy (non-hydrogen) atoms. The van der Waals surface area contributed by atoms with Crippen LogP contribution in [0.5, 0.6) is 17.4 Å². The van der Waals surface area contributed by atoms with Gasteiger partial charge in [0.15, 0.2) is 6.29 Å². The van der Waals surface area contributed by atoms with Crippen molar-refractivity contribution < 1.29 is 19.4 Å². The topological polar surface area (TPSA) is 81.5 Å². The van der Waals surface area contributed by atoms with Gasteiger partial charge in [-0.3, -0.25) is 9.78 Å². The number of phenols is 1. The first kappa shape index (κ1) is 19.9. The molecular formula is C21H22N2O4. The van der Waals surface area contributed by atoms with Crippen molar-refractivity contribution in [3.63, 3.8) is 0 Å². The lowest BCUT2D eigenvalue weighted by Gasteiger charge is -2.13. The Balaban J connectivity index is 0.00000126. The highest BCUT2D eigenvalue weighted by Gasteiger charge is 2.14. The fourth-order valence-electron chi connectivity index (χ4n) is 2.46. The van der Waals surface area contributed by atoms with Gasteiger partial charge in [-0.2, -0.15) is 0 Å². The first-order chi connectivity index (χ1) is 13.2. The molecule has 6 heteroatoms. The molecule has 2 heterocycles. The van der Waals surface area contributed by atoms with Gasteiger partial charge in [0.2, 0.25) is 5.88 Å². The monoisotopic (exact) mass is 366 g/mol. The van der Waals surface area contributed by atoms with Crippen molar-refractivity contribution in [3.8, 4) is 28.6 Å². The van der Waals surface area contributed by atoms with E-state index in [1.54, 1.807) is 43.8 Å². The lowest BCUT2D eigenvalue weighted by Crippen LogP contribution is -2.02. The average Bonchev–Trinajstić information content (AvgIpc) is 2.74. The summed E-state index contributed by atoms with van der Waals surface area (Å²) in [6, 6.07) is 12.0. The van der Waals surface area contributed by atoms with Gasteiger partial charge in [-0.25, -0.2) is 4.98 Å². The van der Waals surface area contributed by atoms with Crippen molar-refractivity contribution >= 4 is 6.29 Å². The van der Waals surface area contributed by atoms with E-state index in [-0.39, 0.29) is 17.9 Å². The van der Waals surface area contributed by atoms with Crippen LogP contribution in [0.25, 0.3) is 11.3 Å². The molecular weight excluding hydrogens is 344 g/mol. The molecule has 0 aliphatic rings. The smallest absolute Gasteiger partial charge is 0.222 e. The van der Waals surface area contributed by atoms with E-state index >= 15 is 0 Å². The molecule has 3 rings (SSSR count). The van der Waals surface area contributed by atoms with Crippen LogP contribution in [0.4, 0.5) is 0 Å². The van der Waals surface area contributed by atoms with Crippen LogP contribution < -0.4 is 9.47 Å². The molecule has 0 bridgehead atoms. The number of phenolic OH excluding ortho intramolecular Hbond substituents is 1. The number of rotatable bonds is 6. The molecule has 0 fully saturated rings. The van der Waals surface area contributed by atoms with Gasteiger partial charge in [0.25, 0.3) is 0 Å². The summed E-state index contributed by atoms with van der Waals surface area (Å²) in [5.41, 5.74) is 2.34. The summed E-state index contributed by atoms with van der Waals surface area (Å²) in [5, 5.41) is 9.74. The lowest BCUT2D eigenvalue weighted by molar-refractivity contribution is 0.111. The van der Waals surface area contributed by atoms with Crippen LogP contribution in [0.15, 0.2) is 54.9 Å². The number of aldehydes is 1. The predicted octanol–water partition coefficient (Wildman–Crippen LogP) is 4.28.